The van der Waals surface area contributed by atoms with Crippen LogP contribution in [0.4, 0.5) is 11.4 Å². The smallest absolute Gasteiger partial charge is 1.00 e. The van der Waals surface area contributed by atoms with Crippen LogP contribution in [0.15, 0.2) is 47.4 Å². The third-order valence-electron chi connectivity index (χ3n) is 5.31. The Balaban J connectivity index is 0.00000171. The predicted octanol–water partition coefficient (Wildman–Crippen LogP) is 1.98. The number of carbonyl (C=O) groups excluding carboxylic acids is 1. The van der Waals surface area contributed by atoms with Crippen molar-refractivity contribution in [1.29, 1.82) is 0 Å². The molecule has 0 unspecified atom stereocenters. The van der Waals surface area contributed by atoms with Crippen molar-refractivity contribution in [1.82, 2.24) is 4.90 Å². The molecular formula is C22H24Cl3N3OS. The zero-order chi connectivity index (χ0) is 20.4. The lowest BCUT2D eigenvalue weighted by atomic mass is 10.1. The Morgan fingerprint density at radius 2 is 1.73 bits per heavy atom. The zero-order valence-electron chi connectivity index (χ0n) is 17.7. The Morgan fingerprint density at radius 3 is 2.47 bits per heavy atom. The van der Waals surface area contributed by atoms with Gasteiger partial charge in [-0.2, -0.15) is 0 Å². The fraction of sp³-hybridized carbons (Fsp3) is 0.318. The van der Waals surface area contributed by atoms with Gasteiger partial charge in [0.25, 0.3) is 5.91 Å². The molecule has 160 valence electrons. The Labute approximate surface area is 199 Å². The highest BCUT2D eigenvalue weighted by atomic mass is 35.5. The summed E-state index contributed by atoms with van der Waals surface area (Å²) < 4.78 is 0. The molecule has 2 aromatic carbocycles. The molecule has 4 rings (SSSR count). The van der Waals surface area contributed by atoms with Crippen molar-refractivity contribution in [3.05, 3.63) is 63.0 Å². The number of hydrogen-bond donors (Lipinski definition) is 0. The molecule has 2 saturated heterocycles. The minimum absolute atomic E-state index is 0. The van der Waals surface area contributed by atoms with Crippen LogP contribution in [0, 0.1) is 0 Å². The molecule has 2 fully saturated rings. The lowest BCUT2D eigenvalue weighted by Crippen LogP contribution is -3.00. The van der Waals surface area contributed by atoms with Crippen LogP contribution in [0.2, 0.25) is 10.0 Å². The lowest BCUT2D eigenvalue weighted by Gasteiger charge is -2.35. The van der Waals surface area contributed by atoms with E-state index in [9.17, 15) is 4.79 Å². The number of halogens is 3. The van der Waals surface area contributed by atoms with Crippen molar-refractivity contribution in [3.63, 3.8) is 0 Å². The number of benzene rings is 2. The first-order valence-electron chi connectivity index (χ1n) is 9.67. The number of hydrogen-bond acceptors (Lipinski definition) is 4. The van der Waals surface area contributed by atoms with Crippen molar-refractivity contribution in [3.8, 4) is 0 Å². The van der Waals surface area contributed by atoms with E-state index in [4.69, 9.17) is 23.2 Å². The fourth-order valence-electron chi connectivity index (χ4n) is 3.63. The van der Waals surface area contributed by atoms with E-state index < -0.39 is 0 Å². The van der Waals surface area contributed by atoms with Gasteiger partial charge in [0.2, 0.25) is 0 Å². The summed E-state index contributed by atoms with van der Waals surface area (Å²) in [4.78, 5) is 20.5. The molecule has 0 aliphatic carbocycles. The average molecular weight is 485 g/mol. The lowest BCUT2D eigenvalue weighted by molar-refractivity contribution is -0.114. The van der Waals surface area contributed by atoms with E-state index in [0.717, 1.165) is 48.1 Å². The average Bonchev–Trinajstić information content (AvgIpc) is 2.73. The van der Waals surface area contributed by atoms with Gasteiger partial charge in [0, 0.05) is 49.9 Å². The Bertz CT molecular complexity index is 951. The van der Waals surface area contributed by atoms with E-state index in [0.29, 0.717) is 16.6 Å². The Kier molecular flexibility index (Phi) is 7.99. The van der Waals surface area contributed by atoms with Crippen molar-refractivity contribution in [2.45, 2.75) is 0 Å². The molecule has 2 aliphatic rings. The zero-order valence-corrected chi connectivity index (χ0v) is 19.7. The molecule has 30 heavy (non-hydrogen) atoms. The maximum Gasteiger partial charge on any atom is 1.00 e. The fourth-order valence-corrected chi connectivity index (χ4v) is 4.86. The SMILES string of the molecule is CN1CCN(c2ccccc2/C=C2/SCCN(c3ccc(Cl)c(Cl)c3)C2=O)CC1.[Cl-].[H+]. The van der Waals surface area contributed by atoms with Crippen LogP contribution in [-0.4, -0.2) is 56.3 Å². The van der Waals surface area contributed by atoms with E-state index in [-0.39, 0.29) is 19.7 Å². The second-order valence-corrected chi connectivity index (χ2v) is 9.21. The standard InChI is InChI=1S/C22H23Cl2N3OS.ClH/c1-25-8-10-26(11-9-25)20-5-3-2-4-16(20)14-21-22(28)27(12-13-29-21)17-6-7-18(23)19(24)15-17;/h2-7,14-15H,8-13H2,1H3;1H/b21-14+;. The Morgan fingerprint density at radius 1 is 1.00 bits per heavy atom. The number of anilines is 2. The van der Waals surface area contributed by atoms with Crippen LogP contribution in [0.25, 0.3) is 6.08 Å². The van der Waals surface area contributed by atoms with Gasteiger partial charge in [0.05, 0.1) is 15.0 Å². The van der Waals surface area contributed by atoms with Crippen LogP contribution < -0.4 is 22.2 Å². The molecule has 0 atom stereocenters. The minimum Gasteiger partial charge on any atom is -1.00 e. The predicted molar refractivity (Wildman–Crippen MR) is 127 cm³/mol. The third-order valence-corrected chi connectivity index (χ3v) is 7.04. The molecule has 2 aromatic rings. The number of nitrogens with zero attached hydrogens (tertiary/aromatic N) is 3. The summed E-state index contributed by atoms with van der Waals surface area (Å²) in [5.74, 6) is 0.849. The van der Waals surface area contributed by atoms with Gasteiger partial charge in [-0.1, -0.05) is 41.4 Å². The molecule has 0 saturated carbocycles. The molecule has 2 aliphatic heterocycles. The molecule has 8 heteroatoms. The van der Waals surface area contributed by atoms with Crippen LogP contribution in [0.3, 0.4) is 0 Å². The maximum absolute atomic E-state index is 13.2. The summed E-state index contributed by atoms with van der Waals surface area (Å²) in [6, 6.07) is 13.7. The quantitative estimate of drug-likeness (QED) is 0.623. The number of likely N-dealkylation sites (N-methyl/N-ethyl adjacent to an activating group) is 1. The molecular weight excluding hydrogens is 461 g/mol. The highest BCUT2D eigenvalue weighted by molar-refractivity contribution is 8.04. The van der Waals surface area contributed by atoms with Gasteiger partial charge in [0.1, 0.15) is 0 Å². The summed E-state index contributed by atoms with van der Waals surface area (Å²) >= 11 is 13.8. The van der Waals surface area contributed by atoms with Crippen molar-refractivity contribution in [2.75, 3.05) is 55.3 Å². The van der Waals surface area contributed by atoms with Crippen molar-refractivity contribution < 1.29 is 18.6 Å². The second kappa shape index (κ2) is 10.3. The van der Waals surface area contributed by atoms with Gasteiger partial charge in [-0.3, -0.25) is 4.79 Å². The Hall–Kier alpha value is -1.37. The summed E-state index contributed by atoms with van der Waals surface area (Å²) in [7, 11) is 2.15. The monoisotopic (exact) mass is 483 g/mol. The number of carbonyl (C=O) groups is 1. The molecule has 0 bridgehead atoms. The van der Waals surface area contributed by atoms with Gasteiger partial charge in [0.15, 0.2) is 0 Å². The topological polar surface area (TPSA) is 26.8 Å². The van der Waals surface area contributed by atoms with Gasteiger partial charge in [-0.15, -0.1) is 11.8 Å². The molecule has 0 aromatic heterocycles. The molecule has 4 nitrogen and oxygen atoms in total. The third kappa shape index (κ3) is 5.09. The molecule has 0 radical (unpaired) electrons. The number of rotatable bonds is 3. The first-order valence-corrected chi connectivity index (χ1v) is 11.4. The first-order chi connectivity index (χ1) is 14.0. The van der Waals surface area contributed by atoms with E-state index in [1.54, 1.807) is 28.8 Å². The highest BCUT2D eigenvalue weighted by Gasteiger charge is 2.26. The van der Waals surface area contributed by atoms with Crippen LogP contribution in [0.5, 0.6) is 0 Å². The van der Waals surface area contributed by atoms with Gasteiger partial charge >= 0.3 is 1.43 Å². The summed E-state index contributed by atoms with van der Waals surface area (Å²) in [6.07, 6.45) is 2.03. The van der Waals surface area contributed by atoms with E-state index in [1.165, 1.54) is 5.69 Å². The first kappa shape index (κ1) is 23.3. The van der Waals surface area contributed by atoms with Gasteiger partial charge < -0.3 is 27.1 Å². The largest absolute Gasteiger partial charge is 1.00 e. The number of thioether (sulfide) groups is 1. The number of para-hydroxylation sites is 1. The summed E-state index contributed by atoms with van der Waals surface area (Å²) in [5.41, 5.74) is 3.06. The maximum atomic E-state index is 13.2. The molecule has 0 N–H and O–H groups in total. The second-order valence-electron chi connectivity index (χ2n) is 7.26. The molecule has 1 amide bonds. The summed E-state index contributed by atoms with van der Waals surface area (Å²) in [6.45, 7) is 4.73. The van der Waals surface area contributed by atoms with Crippen LogP contribution in [-0.2, 0) is 4.79 Å². The molecule has 2 heterocycles. The van der Waals surface area contributed by atoms with Gasteiger partial charge in [-0.05, 0) is 43.0 Å². The van der Waals surface area contributed by atoms with Crippen molar-refractivity contribution in [2.24, 2.45) is 0 Å². The van der Waals surface area contributed by atoms with Gasteiger partial charge in [-0.25, -0.2) is 0 Å². The van der Waals surface area contributed by atoms with Crippen LogP contribution >= 0.6 is 35.0 Å². The normalized spacial score (nSPS) is 19.2. The highest BCUT2D eigenvalue weighted by Crippen LogP contribution is 2.34. The minimum atomic E-state index is 0. The molecule has 0 spiro atoms. The van der Waals surface area contributed by atoms with E-state index in [2.05, 4.69) is 35.0 Å². The number of piperazine rings is 1. The van der Waals surface area contributed by atoms with Crippen LogP contribution in [0.1, 0.15) is 6.99 Å². The van der Waals surface area contributed by atoms with Crippen molar-refractivity contribution >= 4 is 58.3 Å². The number of amides is 1. The summed E-state index contributed by atoms with van der Waals surface area (Å²) in [5, 5.41) is 0.951. The van der Waals surface area contributed by atoms with E-state index in [1.807, 2.05) is 18.2 Å². The van der Waals surface area contributed by atoms with E-state index >= 15 is 0 Å².